The Kier molecular flexibility index (Phi) is 6.01. The van der Waals surface area contributed by atoms with Gasteiger partial charge >= 0.3 is 0 Å². The fourth-order valence-electron chi connectivity index (χ4n) is 3.88. The van der Waals surface area contributed by atoms with Gasteiger partial charge in [-0.05, 0) is 50.4 Å². The van der Waals surface area contributed by atoms with E-state index in [-0.39, 0.29) is 11.8 Å². The number of nitrogens with zero attached hydrogens (tertiary/aromatic N) is 1. The molecule has 2 aliphatic rings. The predicted molar refractivity (Wildman–Crippen MR) is 98.9 cm³/mol. The molecule has 1 saturated carbocycles. The van der Waals surface area contributed by atoms with Crippen molar-refractivity contribution in [1.29, 1.82) is 0 Å². The summed E-state index contributed by atoms with van der Waals surface area (Å²) in [5, 5.41) is 3.94. The third kappa shape index (κ3) is 4.42. The van der Waals surface area contributed by atoms with Crippen LogP contribution in [0, 0.1) is 5.92 Å². The van der Waals surface area contributed by atoms with Gasteiger partial charge in [-0.1, -0.05) is 43.0 Å². The third-order valence-corrected chi connectivity index (χ3v) is 5.87. The minimum atomic E-state index is 0.166. The van der Waals surface area contributed by atoms with Crippen molar-refractivity contribution in [2.24, 2.45) is 5.92 Å². The Bertz CT molecular complexity index is 564. The number of amides is 1. The van der Waals surface area contributed by atoms with Gasteiger partial charge in [0, 0.05) is 18.5 Å². The largest absolute Gasteiger partial charge is 0.398 e. The fraction of sp³-hybridized carbons (Fsp3) is 0.632. The Morgan fingerprint density at radius 1 is 1.17 bits per heavy atom. The number of nitrogens with two attached hydrogens (primary N) is 1. The standard InChI is InChI=1S/C19H28ClN3O/c20-18-15(5-4-8-17(18)21)13-23-11-9-14(10-12-23)19(24)22-16-6-2-1-3-7-16/h4-5,8,14,16H,1-3,6-7,9-13,21H2,(H,22,24). The van der Waals surface area contributed by atoms with E-state index in [0.29, 0.717) is 16.8 Å². The summed E-state index contributed by atoms with van der Waals surface area (Å²) in [5.41, 5.74) is 7.58. The summed E-state index contributed by atoms with van der Waals surface area (Å²) in [6.45, 7) is 2.68. The maximum atomic E-state index is 12.5. The van der Waals surface area contributed by atoms with Crippen LogP contribution in [-0.2, 0) is 11.3 Å². The minimum absolute atomic E-state index is 0.166. The lowest BCUT2D eigenvalue weighted by Gasteiger charge is -2.33. The van der Waals surface area contributed by atoms with Crippen molar-refractivity contribution < 1.29 is 4.79 Å². The first-order chi connectivity index (χ1) is 11.6. The van der Waals surface area contributed by atoms with Gasteiger partial charge in [-0.2, -0.15) is 0 Å². The number of carbonyl (C=O) groups excluding carboxylic acids is 1. The van der Waals surface area contributed by atoms with Gasteiger partial charge in [0.15, 0.2) is 0 Å². The monoisotopic (exact) mass is 349 g/mol. The quantitative estimate of drug-likeness (QED) is 0.817. The molecule has 1 aromatic rings. The van der Waals surface area contributed by atoms with Crippen molar-refractivity contribution in [2.45, 2.75) is 57.5 Å². The van der Waals surface area contributed by atoms with Gasteiger partial charge in [0.2, 0.25) is 5.91 Å². The Morgan fingerprint density at radius 3 is 2.58 bits per heavy atom. The van der Waals surface area contributed by atoms with Gasteiger partial charge in [-0.15, -0.1) is 0 Å². The SMILES string of the molecule is Nc1cccc(CN2CCC(C(=O)NC3CCCCC3)CC2)c1Cl. The average Bonchev–Trinajstić information content (AvgIpc) is 2.60. The molecule has 4 nitrogen and oxygen atoms in total. The predicted octanol–water partition coefficient (Wildman–Crippen LogP) is 3.58. The second kappa shape index (κ2) is 8.21. The molecule has 0 bridgehead atoms. The molecule has 1 heterocycles. The smallest absolute Gasteiger partial charge is 0.223 e. The molecule has 132 valence electrons. The second-order valence-electron chi connectivity index (χ2n) is 7.21. The molecule has 1 aromatic carbocycles. The van der Waals surface area contributed by atoms with Crippen LogP contribution in [-0.4, -0.2) is 29.9 Å². The number of hydrogen-bond donors (Lipinski definition) is 2. The Morgan fingerprint density at radius 2 is 1.88 bits per heavy atom. The average molecular weight is 350 g/mol. The van der Waals surface area contributed by atoms with E-state index in [1.54, 1.807) is 0 Å². The van der Waals surface area contributed by atoms with Crippen LogP contribution in [0.5, 0.6) is 0 Å². The van der Waals surface area contributed by atoms with Gasteiger partial charge in [0.25, 0.3) is 0 Å². The summed E-state index contributed by atoms with van der Waals surface area (Å²) < 4.78 is 0. The van der Waals surface area contributed by atoms with Crippen molar-refractivity contribution in [3.8, 4) is 0 Å². The Labute approximate surface area is 149 Å². The van der Waals surface area contributed by atoms with Crippen LogP contribution >= 0.6 is 11.6 Å². The van der Waals surface area contributed by atoms with Crippen LogP contribution in [0.2, 0.25) is 5.02 Å². The normalized spacial score (nSPS) is 20.9. The second-order valence-corrected chi connectivity index (χ2v) is 7.59. The van der Waals surface area contributed by atoms with Gasteiger partial charge < -0.3 is 11.1 Å². The molecule has 1 aliphatic heterocycles. The van der Waals surface area contributed by atoms with Crippen molar-refractivity contribution >= 4 is 23.2 Å². The van der Waals surface area contributed by atoms with Crippen molar-refractivity contribution in [1.82, 2.24) is 10.2 Å². The fourth-order valence-corrected chi connectivity index (χ4v) is 4.07. The molecule has 0 aromatic heterocycles. The summed E-state index contributed by atoms with van der Waals surface area (Å²) in [7, 11) is 0. The first-order valence-electron chi connectivity index (χ1n) is 9.19. The number of nitrogen functional groups attached to an aromatic ring is 1. The molecule has 0 spiro atoms. The van der Waals surface area contributed by atoms with E-state index in [1.165, 1.54) is 19.3 Å². The molecule has 1 saturated heterocycles. The minimum Gasteiger partial charge on any atom is -0.398 e. The number of likely N-dealkylation sites (tertiary alicyclic amines) is 1. The highest BCUT2D eigenvalue weighted by Crippen LogP contribution is 2.26. The number of anilines is 1. The maximum absolute atomic E-state index is 12.5. The van der Waals surface area contributed by atoms with Crippen LogP contribution in [0.15, 0.2) is 18.2 Å². The number of benzene rings is 1. The van der Waals surface area contributed by atoms with Crippen LogP contribution in [0.25, 0.3) is 0 Å². The highest BCUT2D eigenvalue weighted by molar-refractivity contribution is 6.33. The third-order valence-electron chi connectivity index (χ3n) is 5.41. The summed E-state index contributed by atoms with van der Waals surface area (Å²) in [5.74, 6) is 0.433. The first kappa shape index (κ1) is 17.6. The van der Waals surface area contributed by atoms with E-state index < -0.39 is 0 Å². The zero-order chi connectivity index (χ0) is 16.9. The molecule has 24 heavy (non-hydrogen) atoms. The number of halogens is 1. The lowest BCUT2D eigenvalue weighted by molar-refractivity contribution is -0.127. The molecule has 0 atom stereocenters. The number of nitrogens with one attached hydrogen (secondary N) is 1. The van der Waals surface area contributed by atoms with Crippen LogP contribution in [0.1, 0.15) is 50.5 Å². The molecule has 1 aliphatic carbocycles. The van der Waals surface area contributed by atoms with Crippen LogP contribution in [0.4, 0.5) is 5.69 Å². The first-order valence-corrected chi connectivity index (χ1v) is 9.57. The van der Waals surface area contributed by atoms with E-state index in [4.69, 9.17) is 17.3 Å². The Balaban J connectivity index is 1.46. The molecule has 3 rings (SSSR count). The molecule has 5 heteroatoms. The van der Waals surface area contributed by atoms with E-state index >= 15 is 0 Å². The van der Waals surface area contributed by atoms with Crippen molar-refractivity contribution in [3.63, 3.8) is 0 Å². The highest BCUT2D eigenvalue weighted by atomic mass is 35.5. The summed E-state index contributed by atoms with van der Waals surface area (Å²) >= 11 is 6.28. The maximum Gasteiger partial charge on any atom is 0.223 e. The van der Waals surface area contributed by atoms with Gasteiger partial charge in [0.1, 0.15) is 0 Å². The highest BCUT2D eigenvalue weighted by Gasteiger charge is 2.27. The van der Waals surface area contributed by atoms with Gasteiger partial charge in [0.05, 0.1) is 10.7 Å². The van der Waals surface area contributed by atoms with Crippen LogP contribution in [0.3, 0.4) is 0 Å². The molecule has 2 fully saturated rings. The summed E-state index contributed by atoms with van der Waals surface area (Å²) in [6, 6.07) is 6.21. The topological polar surface area (TPSA) is 58.4 Å². The lowest BCUT2D eigenvalue weighted by Crippen LogP contribution is -2.44. The molecule has 0 unspecified atom stereocenters. The van der Waals surface area contributed by atoms with Crippen molar-refractivity contribution in [3.05, 3.63) is 28.8 Å². The summed E-state index contributed by atoms with van der Waals surface area (Å²) in [6.07, 6.45) is 7.99. The molecule has 0 radical (unpaired) electrons. The zero-order valence-corrected chi connectivity index (χ0v) is 15.0. The Hall–Kier alpha value is -1.26. The molecular formula is C19H28ClN3O. The molecule has 3 N–H and O–H groups in total. The molecule has 1 amide bonds. The van der Waals surface area contributed by atoms with Gasteiger partial charge in [-0.25, -0.2) is 0 Å². The van der Waals surface area contributed by atoms with Gasteiger partial charge in [-0.3, -0.25) is 9.69 Å². The molecular weight excluding hydrogens is 322 g/mol. The van der Waals surface area contributed by atoms with E-state index in [2.05, 4.69) is 10.2 Å². The van der Waals surface area contributed by atoms with E-state index in [1.807, 2.05) is 18.2 Å². The summed E-state index contributed by atoms with van der Waals surface area (Å²) in [4.78, 5) is 14.8. The number of hydrogen-bond acceptors (Lipinski definition) is 3. The number of piperidine rings is 1. The van der Waals surface area contributed by atoms with E-state index in [9.17, 15) is 4.79 Å². The van der Waals surface area contributed by atoms with Crippen LogP contribution < -0.4 is 11.1 Å². The number of carbonyl (C=O) groups is 1. The number of rotatable bonds is 4. The lowest BCUT2D eigenvalue weighted by atomic mass is 9.92. The van der Waals surface area contributed by atoms with E-state index in [0.717, 1.165) is 50.9 Å². The zero-order valence-electron chi connectivity index (χ0n) is 14.3. The van der Waals surface area contributed by atoms with Crippen molar-refractivity contribution in [2.75, 3.05) is 18.8 Å².